The van der Waals surface area contributed by atoms with Gasteiger partial charge in [0.1, 0.15) is 11.6 Å². The Labute approximate surface area is 205 Å². The summed E-state index contributed by atoms with van der Waals surface area (Å²) in [6, 6.07) is 13.7. The maximum Gasteiger partial charge on any atom is 0.306 e. The molecule has 1 saturated heterocycles. The first-order valence-corrected chi connectivity index (χ1v) is 12.8. The number of carbonyl (C=O) groups is 1. The predicted octanol–water partition coefficient (Wildman–Crippen LogP) is 4.46. The lowest BCUT2D eigenvalue weighted by atomic mass is 10.0. The molecule has 2 N–H and O–H groups in total. The van der Waals surface area contributed by atoms with Gasteiger partial charge in [0.15, 0.2) is 0 Å². The molecule has 1 fully saturated rings. The molecule has 2 aliphatic heterocycles. The molecule has 34 heavy (non-hydrogen) atoms. The lowest BCUT2D eigenvalue weighted by Crippen LogP contribution is -2.49. The van der Waals surface area contributed by atoms with E-state index in [0.717, 1.165) is 66.0 Å². The van der Waals surface area contributed by atoms with Crippen molar-refractivity contribution >= 4 is 29.3 Å². The van der Waals surface area contributed by atoms with E-state index in [1.165, 1.54) is 0 Å². The SMILES string of the molecule is CCCC(CCOCCN1CCN(C2=Nc3ccc(O)cc3Sc3ccccc32)CC1)C(=O)O. The van der Waals surface area contributed by atoms with Gasteiger partial charge in [-0.25, -0.2) is 4.99 Å². The highest BCUT2D eigenvalue weighted by Crippen LogP contribution is 2.42. The van der Waals surface area contributed by atoms with Gasteiger partial charge in [-0.1, -0.05) is 43.3 Å². The van der Waals surface area contributed by atoms with Gasteiger partial charge in [0.05, 0.1) is 18.2 Å². The number of ether oxygens (including phenoxy) is 1. The minimum atomic E-state index is -0.720. The third-order valence-electron chi connectivity index (χ3n) is 6.34. The molecule has 2 aliphatic rings. The molecule has 0 spiro atoms. The Morgan fingerprint density at radius 3 is 2.65 bits per heavy atom. The lowest BCUT2D eigenvalue weighted by Gasteiger charge is -2.36. The van der Waals surface area contributed by atoms with Gasteiger partial charge in [0.2, 0.25) is 0 Å². The normalized spacial score (nSPS) is 16.9. The molecule has 182 valence electrons. The maximum absolute atomic E-state index is 11.3. The van der Waals surface area contributed by atoms with Crippen molar-refractivity contribution in [1.29, 1.82) is 0 Å². The van der Waals surface area contributed by atoms with Gasteiger partial charge in [0.25, 0.3) is 0 Å². The number of piperazine rings is 1. The second kappa shape index (κ2) is 11.7. The Balaban J connectivity index is 1.32. The molecule has 0 saturated carbocycles. The van der Waals surface area contributed by atoms with Crippen LogP contribution in [0.5, 0.6) is 5.75 Å². The number of nitrogens with zero attached hydrogens (tertiary/aromatic N) is 3. The molecule has 0 amide bonds. The molecule has 4 rings (SSSR count). The molecule has 0 aromatic heterocycles. The Hall–Kier alpha value is -2.55. The standard InChI is InChI=1S/C26H33N3O4S/c1-2-5-19(26(31)32)10-16-33-17-15-28-11-13-29(14-12-28)25-21-6-3-4-7-23(21)34-24-18-20(30)8-9-22(24)27-25/h3-4,6-9,18-19,30H,2,5,10-17H2,1H3,(H,31,32). The summed E-state index contributed by atoms with van der Waals surface area (Å²) in [6.07, 6.45) is 2.16. The zero-order valence-electron chi connectivity index (χ0n) is 19.7. The van der Waals surface area contributed by atoms with Crippen LogP contribution in [0.2, 0.25) is 0 Å². The molecule has 2 aromatic carbocycles. The van der Waals surface area contributed by atoms with Gasteiger partial charge in [-0.2, -0.15) is 0 Å². The van der Waals surface area contributed by atoms with Crippen LogP contribution in [-0.4, -0.2) is 77.8 Å². The van der Waals surface area contributed by atoms with Gasteiger partial charge in [0, 0.05) is 54.7 Å². The number of hydrogen-bond donors (Lipinski definition) is 2. The summed E-state index contributed by atoms with van der Waals surface area (Å²) in [5.74, 6) is 0.215. The van der Waals surface area contributed by atoms with Crippen molar-refractivity contribution in [3.05, 3.63) is 48.0 Å². The minimum Gasteiger partial charge on any atom is -0.508 e. The largest absolute Gasteiger partial charge is 0.508 e. The Morgan fingerprint density at radius 1 is 1.09 bits per heavy atom. The number of benzene rings is 2. The maximum atomic E-state index is 11.3. The van der Waals surface area contributed by atoms with Crippen molar-refractivity contribution in [2.24, 2.45) is 10.9 Å². The van der Waals surface area contributed by atoms with Gasteiger partial charge >= 0.3 is 5.97 Å². The van der Waals surface area contributed by atoms with Gasteiger partial charge in [-0.3, -0.25) is 9.69 Å². The molecule has 2 heterocycles. The summed E-state index contributed by atoms with van der Waals surface area (Å²) < 4.78 is 5.75. The van der Waals surface area contributed by atoms with Crippen molar-refractivity contribution in [3.63, 3.8) is 0 Å². The van der Waals surface area contributed by atoms with Crippen LogP contribution in [0.15, 0.2) is 57.2 Å². The van der Waals surface area contributed by atoms with Crippen LogP contribution in [0.4, 0.5) is 5.69 Å². The number of carboxylic acid groups (broad SMARTS) is 1. The highest BCUT2D eigenvalue weighted by Gasteiger charge is 2.25. The zero-order valence-corrected chi connectivity index (χ0v) is 20.5. The molecule has 1 atom stereocenters. The van der Waals surface area contributed by atoms with E-state index in [4.69, 9.17) is 9.73 Å². The highest BCUT2D eigenvalue weighted by atomic mass is 32.2. The van der Waals surface area contributed by atoms with E-state index in [1.54, 1.807) is 23.9 Å². The average molecular weight is 484 g/mol. The van der Waals surface area contributed by atoms with Crippen LogP contribution >= 0.6 is 11.8 Å². The number of phenols is 1. The molecule has 8 heteroatoms. The van der Waals surface area contributed by atoms with E-state index < -0.39 is 5.97 Å². The molecule has 1 unspecified atom stereocenters. The van der Waals surface area contributed by atoms with Crippen molar-refractivity contribution in [2.45, 2.75) is 36.0 Å². The number of fused-ring (bicyclic) bond motifs is 2. The van der Waals surface area contributed by atoms with Crippen LogP contribution < -0.4 is 0 Å². The van der Waals surface area contributed by atoms with Crippen LogP contribution in [0.25, 0.3) is 0 Å². The number of aliphatic carboxylic acids is 1. The molecule has 0 bridgehead atoms. The van der Waals surface area contributed by atoms with Crippen molar-refractivity contribution < 1.29 is 19.7 Å². The molecule has 0 aliphatic carbocycles. The van der Waals surface area contributed by atoms with Gasteiger partial charge in [-0.15, -0.1) is 0 Å². The number of amidine groups is 1. The second-order valence-electron chi connectivity index (χ2n) is 8.74. The fourth-order valence-corrected chi connectivity index (χ4v) is 5.45. The number of rotatable bonds is 9. The Bertz CT molecular complexity index is 1020. The monoisotopic (exact) mass is 483 g/mol. The molecule has 0 radical (unpaired) electrons. The highest BCUT2D eigenvalue weighted by molar-refractivity contribution is 7.99. The van der Waals surface area contributed by atoms with Crippen molar-refractivity contribution in [2.75, 3.05) is 45.9 Å². The topological polar surface area (TPSA) is 85.6 Å². The van der Waals surface area contributed by atoms with Crippen molar-refractivity contribution in [3.8, 4) is 5.75 Å². The average Bonchev–Trinajstić information content (AvgIpc) is 3.00. The first kappa shape index (κ1) is 24.6. The molecular formula is C26H33N3O4S. The predicted molar refractivity (Wildman–Crippen MR) is 134 cm³/mol. The summed E-state index contributed by atoms with van der Waals surface area (Å²) >= 11 is 1.64. The summed E-state index contributed by atoms with van der Waals surface area (Å²) in [4.78, 5) is 23.1. The van der Waals surface area contributed by atoms with Gasteiger partial charge < -0.3 is 19.8 Å². The quantitative estimate of drug-likeness (QED) is 0.509. The summed E-state index contributed by atoms with van der Waals surface area (Å²) in [5, 5.41) is 19.2. The van der Waals surface area contributed by atoms with E-state index in [-0.39, 0.29) is 11.7 Å². The number of carboxylic acids is 1. The fourth-order valence-electron chi connectivity index (χ4n) is 4.40. The Kier molecular flexibility index (Phi) is 8.48. The lowest BCUT2D eigenvalue weighted by molar-refractivity contribution is -0.142. The van der Waals surface area contributed by atoms with E-state index in [2.05, 4.69) is 21.9 Å². The number of aliphatic imine (C=N–C) groups is 1. The number of aromatic hydroxyl groups is 1. The Morgan fingerprint density at radius 2 is 1.88 bits per heavy atom. The second-order valence-corrected chi connectivity index (χ2v) is 9.82. The van der Waals surface area contributed by atoms with Crippen LogP contribution in [0.3, 0.4) is 0 Å². The van der Waals surface area contributed by atoms with E-state index >= 15 is 0 Å². The molecule has 2 aromatic rings. The van der Waals surface area contributed by atoms with E-state index in [9.17, 15) is 15.0 Å². The minimum absolute atomic E-state index is 0.252. The summed E-state index contributed by atoms with van der Waals surface area (Å²) in [7, 11) is 0. The first-order chi connectivity index (χ1) is 16.5. The molecule has 7 nitrogen and oxygen atoms in total. The third kappa shape index (κ3) is 6.11. The summed E-state index contributed by atoms with van der Waals surface area (Å²) in [6.45, 7) is 7.58. The van der Waals surface area contributed by atoms with Crippen molar-refractivity contribution in [1.82, 2.24) is 9.80 Å². The smallest absolute Gasteiger partial charge is 0.306 e. The number of hydrogen-bond acceptors (Lipinski definition) is 7. The molecular weight excluding hydrogens is 450 g/mol. The van der Waals surface area contributed by atoms with Crippen LogP contribution in [-0.2, 0) is 9.53 Å². The first-order valence-electron chi connectivity index (χ1n) is 12.0. The van der Waals surface area contributed by atoms with E-state index in [1.807, 2.05) is 25.1 Å². The number of phenolic OH excluding ortho intramolecular Hbond substituents is 1. The summed E-state index contributed by atoms with van der Waals surface area (Å²) in [5.41, 5.74) is 2.01. The van der Waals surface area contributed by atoms with E-state index in [0.29, 0.717) is 26.1 Å². The third-order valence-corrected chi connectivity index (χ3v) is 7.46. The fraction of sp³-hybridized carbons (Fsp3) is 0.462. The zero-order chi connectivity index (χ0) is 23.9. The van der Waals surface area contributed by atoms with Crippen LogP contribution in [0.1, 0.15) is 31.7 Å². The van der Waals surface area contributed by atoms with Gasteiger partial charge in [-0.05, 0) is 37.1 Å². The van der Waals surface area contributed by atoms with Crippen LogP contribution in [0, 0.1) is 5.92 Å².